The van der Waals surface area contributed by atoms with Crippen molar-refractivity contribution >= 4 is 6.09 Å². The lowest BCUT2D eigenvalue weighted by atomic mass is 9.88. The van der Waals surface area contributed by atoms with Gasteiger partial charge in [0.05, 0.1) is 12.1 Å². The number of rotatable bonds is 10. The first-order valence-corrected chi connectivity index (χ1v) is 12.9. The van der Waals surface area contributed by atoms with Crippen LogP contribution in [0, 0.1) is 5.92 Å². The normalized spacial score (nSPS) is 18.5. The highest BCUT2D eigenvalue weighted by atomic mass is 16.5. The van der Waals surface area contributed by atoms with E-state index in [1.54, 1.807) is 0 Å². The number of carbonyl (C=O) groups is 1. The zero-order chi connectivity index (χ0) is 24.3. The maximum Gasteiger partial charge on any atom is 0.407 e. The summed E-state index contributed by atoms with van der Waals surface area (Å²) in [7, 11) is 0. The third-order valence-corrected chi connectivity index (χ3v) is 7.03. The van der Waals surface area contributed by atoms with Crippen LogP contribution in [0.2, 0.25) is 0 Å². The molecule has 2 atom stereocenters. The quantitative estimate of drug-likeness (QED) is 0.493. The van der Waals surface area contributed by atoms with Crippen molar-refractivity contribution in [1.82, 2.24) is 10.2 Å². The average molecular weight is 475 g/mol. The van der Waals surface area contributed by atoms with Crippen LogP contribution in [0.25, 0.3) is 0 Å². The molecule has 35 heavy (non-hydrogen) atoms. The Morgan fingerprint density at radius 3 is 2.34 bits per heavy atom. The number of alkyl carbamates (subject to hydrolysis) is 1. The zero-order valence-electron chi connectivity index (χ0n) is 20.5. The van der Waals surface area contributed by atoms with E-state index in [1.807, 2.05) is 60.7 Å². The van der Waals surface area contributed by atoms with Crippen molar-refractivity contribution in [2.24, 2.45) is 5.92 Å². The molecular formula is C30H38N2O3. The number of aliphatic hydroxyl groups excluding tert-OH is 1. The number of nitrogens with one attached hydrogen (secondary N) is 1. The second-order valence-electron chi connectivity index (χ2n) is 9.78. The van der Waals surface area contributed by atoms with Crippen LogP contribution in [0.3, 0.4) is 0 Å². The Labute approximate surface area is 209 Å². The number of carbonyl (C=O) groups excluding carboxylic acids is 1. The predicted octanol–water partition coefficient (Wildman–Crippen LogP) is 5.26. The zero-order valence-corrected chi connectivity index (χ0v) is 20.5. The number of hydrogen-bond donors (Lipinski definition) is 2. The van der Waals surface area contributed by atoms with Gasteiger partial charge in [0.15, 0.2) is 0 Å². The van der Waals surface area contributed by atoms with Gasteiger partial charge in [-0.05, 0) is 68.7 Å². The number of amides is 1. The topological polar surface area (TPSA) is 61.8 Å². The molecule has 4 rings (SSSR count). The predicted molar refractivity (Wildman–Crippen MR) is 140 cm³/mol. The summed E-state index contributed by atoms with van der Waals surface area (Å²) in [5, 5.41) is 14.1. The number of likely N-dealkylation sites (tertiary alicyclic amines) is 1. The van der Waals surface area contributed by atoms with E-state index in [1.165, 1.54) is 18.4 Å². The Morgan fingerprint density at radius 1 is 1.00 bits per heavy atom. The second-order valence-corrected chi connectivity index (χ2v) is 9.78. The number of allylic oxidation sites excluding steroid dienone is 4. The van der Waals surface area contributed by atoms with Gasteiger partial charge in [-0.3, -0.25) is 0 Å². The minimum atomic E-state index is -0.681. The second kappa shape index (κ2) is 13.3. The minimum Gasteiger partial charge on any atom is -0.445 e. The fourth-order valence-corrected chi connectivity index (χ4v) is 4.98. The summed E-state index contributed by atoms with van der Waals surface area (Å²) in [4.78, 5) is 14.9. The maximum absolute atomic E-state index is 12.6. The van der Waals surface area contributed by atoms with Gasteiger partial charge >= 0.3 is 6.09 Å². The van der Waals surface area contributed by atoms with Gasteiger partial charge in [0.1, 0.15) is 6.61 Å². The van der Waals surface area contributed by atoms with Crippen LogP contribution in [-0.2, 0) is 17.8 Å². The smallest absolute Gasteiger partial charge is 0.407 e. The highest BCUT2D eigenvalue weighted by molar-refractivity contribution is 5.67. The molecule has 0 bridgehead atoms. The number of ether oxygens (including phenoxy) is 1. The van der Waals surface area contributed by atoms with Crippen molar-refractivity contribution < 1.29 is 14.6 Å². The summed E-state index contributed by atoms with van der Waals surface area (Å²) in [6.45, 7) is 2.72. The summed E-state index contributed by atoms with van der Waals surface area (Å²) >= 11 is 0. The lowest BCUT2D eigenvalue weighted by Crippen LogP contribution is -2.50. The third kappa shape index (κ3) is 8.37. The van der Waals surface area contributed by atoms with Crippen LogP contribution in [0.15, 0.2) is 84.5 Å². The Bertz CT molecular complexity index is 966. The van der Waals surface area contributed by atoms with E-state index < -0.39 is 18.2 Å². The van der Waals surface area contributed by atoms with Gasteiger partial charge in [-0.2, -0.15) is 0 Å². The molecule has 2 aliphatic rings. The summed E-state index contributed by atoms with van der Waals surface area (Å²) in [6, 6.07) is 19.2. The Balaban J connectivity index is 1.29. The van der Waals surface area contributed by atoms with Crippen molar-refractivity contribution in [3.63, 3.8) is 0 Å². The lowest BCUT2D eigenvalue weighted by molar-refractivity contribution is 0.0583. The molecule has 2 unspecified atom stereocenters. The number of β-amino-alcohol motifs (C(OH)–C–C–N with tert-alkyl or cyclic N) is 1. The van der Waals surface area contributed by atoms with Gasteiger partial charge in [0, 0.05) is 6.54 Å². The van der Waals surface area contributed by atoms with Crippen LogP contribution in [0.4, 0.5) is 4.79 Å². The minimum absolute atomic E-state index is 0.208. The standard InChI is InChI=1S/C30H38N2O3/c33-29(22-32-18-16-26(17-19-32)20-24-10-4-1-5-11-24)28(21-25-12-6-2-7-13-25)31-30(34)35-23-27-14-8-3-9-15-27/h2-4,6-15,26,28-29,33H,1,5,16-23H2,(H,31,34). The van der Waals surface area contributed by atoms with E-state index in [4.69, 9.17) is 4.74 Å². The highest BCUT2D eigenvalue weighted by Crippen LogP contribution is 2.26. The molecule has 5 heteroatoms. The van der Waals surface area contributed by atoms with Gasteiger partial charge in [-0.1, -0.05) is 84.5 Å². The van der Waals surface area contributed by atoms with Crippen LogP contribution in [-0.4, -0.2) is 47.9 Å². The van der Waals surface area contributed by atoms with Gasteiger partial charge in [-0.25, -0.2) is 4.79 Å². The first-order valence-electron chi connectivity index (χ1n) is 12.9. The number of aliphatic hydroxyl groups is 1. The largest absolute Gasteiger partial charge is 0.445 e. The van der Waals surface area contributed by atoms with Crippen molar-refractivity contribution in [1.29, 1.82) is 0 Å². The summed E-state index contributed by atoms with van der Waals surface area (Å²) in [5.74, 6) is 0.712. The molecule has 1 heterocycles. The Kier molecular flexibility index (Phi) is 9.56. The van der Waals surface area contributed by atoms with Gasteiger partial charge in [0.25, 0.3) is 0 Å². The Hall–Kier alpha value is -2.89. The Morgan fingerprint density at radius 2 is 1.69 bits per heavy atom. The van der Waals surface area contributed by atoms with E-state index in [2.05, 4.69) is 28.4 Å². The maximum atomic E-state index is 12.6. The SMILES string of the molecule is O=C(NC(Cc1ccccc1)C(O)CN1CCC(CC2=CCCC=C2)CC1)OCc1ccccc1. The van der Waals surface area contributed by atoms with Gasteiger partial charge < -0.3 is 20.1 Å². The molecule has 1 fully saturated rings. The fraction of sp³-hybridized carbons (Fsp3) is 0.433. The molecule has 2 aromatic rings. The molecule has 2 N–H and O–H groups in total. The van der Waals surface area contributed by atoms with Crippen LogP contribution >= 0.6 is 0 Å². The molecule has 2 aromatic carbocycles. The van der Waals surface area contributed by atoms with E-state index >= 15 is 0 Å². The number of benzene rings is 2. The molecule has 1 aliphatic heterocycles. The first kappa shape index (κ1) is 25.2. The van der Waals surface area contributed by atoms with Crippen molar-refractivity contribution in [3.05, 3.63) is 95.6 Å². The van der Waals surface area contributed by atoms with Gasteiger partial charge in [-0.15, -0.1) is 0 Å². The van der Waals surface area contributed by atoms with E-state index in [0.717, 1.165) is 43.5 Å². The number of hydrogen-bond acceptors (Lipinski definition) is 4. The van der Waals surface area contributed by atoms with E-state index in [0.29, 0.717) is 18.9 Å². The first-order chi connectivity index (χ1) is 17.2. The third-order valence-electron chi connectivity index (χ3n) is 7.03. The molecule has 1 aliphatic carbocycles. The average Bonchev–Trinajstić information content (AvgIpc) is 2.90. The van der Waals surface area contributed by atoms with Crippen molar-refractivity contribution in [3.8, 4) is 0 Å². The number of nitrogens with zero attached hydrogens (tertiary/aromatic N) is 1. The van der Waals surface area contributed by atoms with Crippen LogP contribution in [0.5, 0.6) is 0 Å². The van der Waals surface area contributed by atoms with Crippen LogP contribution in [0.1, 0.15) is 43.2 Å². The highest BCUT2D eigenvalue weighted by Gasteiger charge is 2.27. The number of piperidine rings is 1. The lowest BCUT2D eigenvalue weighted by Gasteiger charge is -2.35. The van der Waals surface area contributed by atoms with Crippen molar-refractivity contribution in [2.45, 2.75) is 57.3 Å². The van der Waals surface area contributed by atoms with Gasteiger partial charge in [0.2, 0.25) is 0 Å². The molecule has 0 radical (unpaired) electrons. The van der Waals surface area contributed by atoms with E-state index in [-0.39, 0.29) is 6.61 Å². The molecule has 0 saturated carbocycles. The summed E-state index contributed by atoms with van der Waals surface area (Å²) in [5.41, 5.74) is 3.49. The molecule has 1 saturated heterocycles. The molecule has 1 amide bonds. The molecular weight excluding hydrogens is 436 g/mol. The molecule has 186 valence electrons. The van der Waals surface area contributed by atoms with E-state index in [9.17, 15) is 9.90 Å². The molecule has 0 spiro atoms. The fourth-order valence-electron chi connectivity index (χ4n) is 4.98. The monoisotopic (exact) mass is 474 g/mol. The van der Waals surface area contributed by atoms with Crippen LogP contribution < -0.4 is 5.32 Å². The molecule has 5 nitrogen and oxygen atoms in total. The summed E-state index contributed by atoms with van der Waals surface area (Å²) < 4.78 is 5.44. The van der Waals surface area contributed by atoms with Crippen molar-refractivity contribution in [2.75, 3.05) is 19.6 Å². The molecule has 0 aromatic heterocycles. The summed E-state index contributed by atoms with van der Waals surface area (Å²) in [6.07, 6.45) is 12.1.